The second-order valence-corrected chi connectivity index (χ2v) is 5.64. The molecule has 0 saturated carbocycles. The highest BCUT2D eigenvalue weighted by Crippen LogP contribution is 2.27. The first-order valence-corrected chi connectivity index (χ1v) is 8.05. The maximum absolute atomic E-state index is 11.7. The third-order valence-corrected chi connectivity index (χ3v) is 3.91. The van der Waals surface area contributed by atoms with Gasteiger partial charge in [-0.25, -0.2) is 14.6 Å². The summed E-state index contributed by atoms with van der Waals surface area (Å²) in [5, 5.41) is 9.56. The number of methoxy groups -OCH3 is 1. The average molecular weight is 354 g/mol. The van der Waals surface area contributed by atoms with Gasteiger partial charge >= 0.3 is 5.97 Å². The van der Waals surface area contributed by atoms with Crippen LogP contribution in [0.4, 0.5) is 0 Å². The van der Waals surface area contributed by atoms with Gasteiger partial charge in [0, 0.05) is 17.2 Å². The Labute approximate surface area is 150 Å². The summed E-state index contributed by atoms with van der Waals surface area (Å²) in [5.74, 6) is 0.134. The third kappa shape index (κ3) is 3.74. The standard InChI is InChI=1S/C19H19N3O4/c1-25-15-9-7-12(8-10-15)16-17(19(23)24)21-18(20-16)13-5-3-4-6-14(11-13)22-26-2/h4-11,22H,3H2,1-2H3,(H,20,21)(H,23,24)/p+1. The monoisotopic (exact) mass is 354 g/mol. The molecule has 7 nitrogen and oxygen atoms in total. The molecule has 1 aliphatic carbocycles. The number of ether oxygens (including phenoxy) is 1. The summed E-state index contributed by atoms with van der Waals surface area (Å²) in [6.45, 7) is 0. The van der Waals surface area contributed by atoms with Gasteiger partial charge in [-0.1, -0.05) is 12.2 Å². The molecule has 0 aliphatic heterocycles. The second kappa shape index (κ2) is 7.81. The Morgan fingerprint density at radius 3 is 2.69 bits per heavy atom. The Bertz CT molecular complexity index is 892. The number of hydrogen-bond acceptors (Lipinski definition) is 4. The minimum atomic E-state index is -1.06. The number of rotatable bonds is 6. The molecule has 0 saturated heterocycles. The van der Waals surface area contributed by atoms with Crippen molar-refractivity contribution in [1.29, 1.82) is 0 Å². The molecule has 1 aliphatic rings. The van der Waals surface area contributed by atoms with Gasteiger partial charge in [0.25, 0.3) is 0 Å². The lowest BCUT2D eigenvalue weighted by atomic mass is 10.1. The second-order valence-electron chi connectivity index (χ2n) is 5.64. The molecule has 4 N–H and O–H groups in total. The number of quaternary nitrogens is 1. The van der Waals surface area contributed by atoms with Gasteiger partial charge in [0.2, 0.25) is 0 Å². The van der Waals surface area contributed by atoms with Gasteiger partial charge in [0.15, 0.2) is 11.4 Å². The van der Waals surface area contributed by atoms with Crippen molar-refractivity contribution in [2.24, 2.45) is 0 Å². The molecule has 3 rings (SSSR count). The number of carboxylic acids is 1. The van der Waals surface area contributed by atoms with Crippen LogP contribution in [0.2, 0.25) is 0 Å². The number of aromatic amines is 1. The number of carboxylic acid groups (broad SMARTS) is 1. The lowest BCUT2D eigenvalue weighted by Crippen LogP contribution is -2.79. The highest BCUT2D eigenvalue weighted by atomic mass is 16.6. The quantitative estimate of drug-likeness (QED) is 0.690. The first-order chi connectivity index (χ1) is 12.6. The number of allylic oxidation sites excluding steroid dienone is 5. The van der Waals surface area contributed by atoms with Crippen molar-refractivity contribution in [2.75, 3.05) is 14.2 Å². The SMILES string of the molecule is CO[NH2+]C1=CC(c2nc(-c3ccc(OC)cc3)c(C(=O)O)[nH]2)=CCC=C1. The lowest BCUT2D eigenvalue weighted by molar-refractivity contribution is -0.852. The van der Waals surface area contributed by atoms with Gasteiger partial charge in [0.05, 0.1) is 14.2 Å². The molecule has 0 radical (unpaired) electrons. The molecule has 1 heterocycles. The van der Waals surface area contributed by atoms with E-state index in [0.29, 0.717) is 29.3 Å². The molecule has 0 spiro atoms. The summed E-state index contributed by atoms with van der Waals surface area (Å²) in [7, 11) is 3.16. The molecular weight excluding hydrogens is 334 g/mol. The van der Waals surface area contributed by atoms with Gasteiger partial charge in [0.1, 0.15) is 17.3 Å². The fourth-order valence-electron chi connectivity index (χ4n) is 2.68. The van der Waals surface area contributed by atoms with E-state index < -0.39 is 5.97 Å². The maximum Gasteiger partial charge on any atom is 0.354 e. The fourth-order valence-corrected chi connectivity index (χ4v) is 2.68. The molecule has 0 fully saturated rings. The lowest BCUT2D eigenvalue weighted by Gasteiger charge is -2.02. The predicted molar refractivity (Wildman–Crippen MR) is 96.3 cm³/mol. The molecule has 134 valence electrons. The van der Waals surface area contributed by atoms with E-state index in [9.17, 15) is 9.90 Å². The number of nitrogens with one attached hydrogen (secondary N) is 1. The molecule has 0 bridgehead atoms. The van der Waals surface area contributed by atoms with Gasteiger partial charge < -0.3 is 14.8 Å². The van der Waals surface area contributed by atoms with Crippen LogP contribution in [0.5, 0.6) is 5.75 Å². The Kier molecular flexibility index (Phi) is 5.31. The Morgan fingerprint density at radius 1 is 1.27 bits per heavy atom. The zero-order valence-corrected chi connectivity index (χ0v) is 14.5. The Balaban J connectivity index is 2.03. The predicted octanol–water partition coefficient (Wildman–Crippen LogP) is 2.14. The highest BCUT2D eigenvalue weighted by molar-refractivity contribution is 5.94. The average Bonchev–Trinajstić information content (AvgIpc) is 2.97. The first kappa shape index (κ1) is 17.7. The number of aromatic nitrogens is 2. The van der Waals surface area contributed by atoms with Crippen LogP contribution in [0.15, 0.2) is 54.3 Å². The summed E-state index contributed by atoms with van der Waals surface area (Å²) in [6, 6.07) is 7.12. The van der Waals surface area contributed by atoms with E-state index in [2.05, 4.69) is 9.97 Å². The van der Waals surface area contributed by atoms with Crippen molar-refractivity contribution in [1.82, 2.24) is 9.97 Å². The van der Waals surface area contributed by atoms with Crippen LogP contribution >= 0.6 is 0 Å². The number of H-pyrrole nitrogens is 1. The largest absolute Gasteiger partial charge is 0.497 e. The third-order valence-electron chi connectivity index (χ3n) is 3.91. The number of imidazole rings is 1. The zero-order chi connectivity index (χ0) is 18.5. The molecule has 7 heteroatoms. The minimum Gasteiger partial charge on any atom is -0.497 e. The van der Waals surface area contributed by atoms with E-state index in [1.54, 1.807) is 44.0 Å². The van der Waals surface area contributed by atoms with E-state index >= 15 is 0 Å². The molecular formula is C19H20N3O4+. The molecule has 0 atom stereocenters. The van der Waals surface area contributed by atoms with E-state index in [4.69, 9.17) is 9.57 Å². The number of hydrogen-bond donors (Lipinski definition) is 3. The summed E-state index contributed by atoms with van der Waals surface area (Å²) in [5.41, 5.74) is 4.44. The van der Waals surface area contributed by atoms with Crippen LogP contribution in [0.1, 0.15) is 22.7 Å². The van der Waals surface area contributed by atoms with Crippen molar-refractivity contribution in [3.8, 4) is 17.0 Å². The van der Waals surface area contributed by atoms with E-state index in [1.807, 2.05) is 24.3 Å². The van der Waals surface area contributed by atoms with Crippen LogP contribution in [-0.4, -0.2) is 35.3 Å². The van der Waals surface area contributed by atoms with E-state index in [0.717, 1.165) is 11.3 Å². The number of nitrogens with zero attached hydrogens (tertiary/aromatic N) is 1. The van der Waals surface area contributed by atoms with Crippen LogP contribution in [0, 0.1) is 0 Å². The van der Waals surface area contributed by atoms with E-state index in [1.165, 1.54) is 0 Å². The molecule has 0 amide bonds. The van der Waals surface area contributed by atoms with Crippen molar-refractivity contribution in [3.05, 3.63) is 65.8 Å². The first-order valence-electron chi connectivity index (χ1n) is 8.05. The van der Waals surface area contributed by atoms with Crippen molar-refractivity contribution >= 4 is 11.5 Å². The summed E-state index contributed by atoms with van der Waals surface area (Å²) in [4.78, 5) is 24.2. The van der Waals surface area contributed by atoms with Crippen LogP contribution < -0.4 is 10.2 Å². The molecule has 1 aromatic carbocycles. The highest BCUT2D eigenvalue weighted by Gasteiger charge is 2.20. The molecule has 26 heavy (non-hydrogen) atoms. The van der Waals surface area contributed by atoms with E-state index in [-0.39, 0.29) is 5.69 Å². The summed E-state index contributed by atoms with van der Waals surface area (Å²) in [6.07, 6.45) is 8.54. The number of benzene rings is 1. The van der Waals surface area contributed by atoms with Crippen molar-refractivity contribution in [3.63, 3.8) is 0 Å². The summed E-state index contributed by atoms with van der Waals surface area (Å²) < 4.78 is 5.15. The van der Waals surface area contributed by atoms with Crippen molar-refractivity contribution < 1.29 is 25.0 Å². The minimum absolute atomic E-state index is 0.0499. The van der Waals surface area contributed by atoms with Gasteiger partial charge in [-0.3, -0.25) is 0 Å². The van der Waals surface area contributed by atoms with Crippen molar-refractivity contribution in [2.45, 2.75) is 6.42 Å². The zero-order valence-electron chi connectivity index (χ0n) is 14.5. The number of nitrogens with two attached hydrogens (primary N) is 1. The van der Waals surface area contributed by atoms with Gasteiger partial charge in [-0.05, 0) is 36.8 Å². The molecule has 2 aromatic rings. The van der Waals surface area contributed by atoms with Gasteiger partial charge in [-0.2, -0.15) is 5.48 Å². The smallest absolute Gasteiger partial charge is 0.354 e. The fraction of sp³-hybridized carbons (Fsp3) is 0.158. The maximum atomic E-state index is 11.7. The topological polar surface area (TPSA) is 101 Å². The summed E-state index contributed by atoms with van der Waals surface area (Å²) >= 11 is 0. The Hall–Kier alpha value is -3.16. The normalized spacial score (nSPS) is 13.8. The van der Waals surface area contributed by atoms with Crippen LogP contribution in [0.3, 0.4) is 0 Å². The Morgan fingerprint density at radius 2 is 2.04 bits per heavy atom. The van der Waals surface area contributed by atoms with Crippen LogP contribution in [-0.2, 0) is 4.84 Å². The molecule has 0 unspecified atom stereocenters. The molecule has 1 aromatic heterocycles. The van der Waals surface area contributed by atoms with Gasteiger partial charge in [-0.15, -0.1) is 0 Å². The van der Waals surface area contributed by atoms with Crippen LogP contribution in [0.25, 0.3) is 16.8 Å². The number of hydroxylamine groups is 1. The number of aromatic carboxylic acids is 1. The number of carbonyl (C=O) groups is 1.